The van der Waals surface area contributed by atoms with E-state index in [1.807, 2.05) is 6.26 Å². The molecule has 1 amide bonds. The highest BCUT2D eigenvalue weighted by molar-refractivity contribution is 7.98. The molecule has 3 nitrogen and oxygen atoms in total. The molecule has 0 unspecified atom stereocenters. The number of thioether (sulfide) groups is 1. The molecular weight excluding hydrogens is 327 g/mol. The molecule has 0 spiro atoms. The van der Waals surface area contributed by atoms with Gasteiger partial charge in [0.25, 0.3) is 5.91 Å². The number of hydrogen-bond donors (Lipinski definition) is 1. The summed E-state index contributed by atoms with van der Waals surface area (Å²) in [5.41, 5.74) is -1.10. The predicted octanol–water partition coefficient (Wildman–Crippen LogP) is 4.69. The maximum Gasteiger partial charge on any atom is 0.417 e. The maximum atomic E-state index is 13.0. The number of carbonyl (C=O) groups excluding carboxylic acids is 1. The van der Waals surface area contributed by atoms with Crippen molar-refractivity contribution >= 4 is 23.4 Å². The number of halogens is 3. The number of nitrogens with one attached hydrogen (secondary N) is 1. The van der Waals surface area contributed by atoms with Gasteiger partial charge in [-0.1, -0.05) is 12.1 Å². The lowest BCUT2D eigenvalue weighted by Gasteiger charge is -2.14. The number of alkyl halides is 3. The highest BCUT2D eigenvalue weighted by Gasteiger charge is 2.34. The summed E-state index contributed by atoms with van der Waals surface area (Å²) in [6, 6.07) is 9.70. The van der Waals surface area contributed by atoms with Crippen molar-refractivity contribution in [3.05, 3.63) is 53.6 Å². The molecule has 0 atom stereocenters. The van der Waals surface area contributed by atoms with E-state index in [2.05, 4.69) is 5.32 Å². The molecule has 0 fully saturated rings. The van der Waals surface area contributed by atoms with Crippen LogP contribution in [0.3, 0.4) is 0 Å². The fraction of sp³-hybridized carbons (Fsp3) is 0.188. The molecule has 7 heteroatoms. The van der Waals surface area contributed by atoms with Crippen molar-refractivity contribution in [1.29, 1.82) is 0 Å². The fourth-order valence-electron chi connectivity index (χ4n) is 2.02. The molecule has 1 N–H and O–H groups in total. The van der Waals surface area contributed by atoms with Crippen molar-refractivity contribution < 1.29 is 22.7 Å². The van der Waals surface area contributed by atoms with E-state index in [0.29, 0.717) is 11.4 Å². The number of methoxy groups -OCH3 is 1. The minimum absolute atomic E-state index is 0.312. The van der Waals surface area contributed by atoms with Crippen LogP contribution >= 0.6 is 11.8 Å². The van der Waals surface area contributed by atoms with Gasteiger partial charge in [0.15, 0.2) is 0 Å². The van der Waals surface area contributed by atoms with Crippen LogP contribution < -0.4 is 10.1 Å². The van der Waals surface area contributed by atoms with Gasteiger partial charge in [-0.2, -0.15) is 13.2 Å². The van der Waals surface area contributed by atoms with Crippen LogP contribution in [0.25, 0.3) is 0 Å². The van der Waals surface area contributed by atoms with Gasteiger partial charge in [0, 0.05) is 4.90 Å². The molecule has 0 saturated carbocycles. The molecule has 2 rings (SSSR count). The minimum atomic E-state index is -4.60. The van der Waals surface area contributed by atoms with Crippen molar-refractivity contribution in [1.82, 2.24) is 0 Å². The van der Waals surface area contributed by atoms with Crippen molar-refractivity contribution in [3.63, 3.8) is 0 Å². The van der Waals surface area contributed by atoms with Gasteiger partial charge < -0.3 is 10.1 Å². The van der Waals surface area contributed by atoms with Gasteiger partial charge in [-0.25, -0.2) is 0 Å². The molecular formula is C16H14F3NO2S. The minimum Gasteiger partial charge on any atom is -0.495 e. The second kappa shape index (κ2) is 6.95. The van der Waals surface area contributed by atoms with Gasteiger partial charge in [-0.15, -0.1) is 11.8 Å². The summed E-state index contributed by atoms with van der Waals surface area (Å²) in [7, 11) is 1.43. The average molecular weight is 341 g/mol. The average Bonchev–Trinajstić information content (AvgIpc) is 2.54. The third-order valence-corrected chi connectivity index (χ3v) is 3.86. The second-order valence-corrected chi connectivity index (χ2v) is 5.44. The van der Waals surface area contributed by atoms with Gasteiger partial charge >= 0.3 is 6.18 Å². The first-order chi connectivity index (χ1) is 10.9. The number of benzene rings is 2. The summed E-state index contributed by atoms with van der Waals surface area (Å²) in [6.45, 7) is 0. The molecule has 2 aromatic rings. The smallest absolute Gasteiger partial charge is 0.417 e. The van der Waals surface area contributed by atoms with Gasteiger partial charge in [0.2, 0.25) is 0 Å². The lowest BCUT2D eigenvalue weighted by Crippen LogP contribution is -2.18. The first kappa shape index (κ1) is 17.2. The van der Waals surface area contributed by atoms with Crippen LogP contribution in [0.5, 0.6) is 5.75 Å². The molecule has 23 heavy (non-hydrogen) atoms. The van der Waals surface area contributed by atoms with E-state index in [1.165, 1.54) is 31.0 Å². The van der Waals surface area contributed by atoms with E-state index in [1.54, 1.807) is 18.2 Å². The predicted molar refractivity (Wildman–Crippen MR) is 84.2 cm³/mol. The largest absolute Gasteiger partial charge is 0.495 e. The Kier molecular flexibility index (Phi) is 5.20. The topological polar surface area (TPSA) is 38.3 Å². The number of anilines is 1. The van der Waals surface area contributed by atoms with Crippen molar-refractivity contribution in [2.75, 3.05) is 18.7 Å². The van der Waals surface area contributed by atoms with Crippen LogP contribution in [-0.2, 0) is 6.18 Å². The normalized spacial score (nSPS) is 11.2. The van der Waals surface area contributed by atoms with E-state index in [-0.39, 0.29) is 0 Å². The van der Waals surface area contributed by atoms with E-state index < -0.39 is 23.2 Å². The molecule has 0 radical (unpaired) electrons. The molecule has 0 saturated heterocycles. The van der Waals surface area contributed by atoms with E-state index in [0.717, 1.165) is 17.0 Å². The number of amides is 1. The second-order valence-electron chi connectivity index (χ2n) is 4.56. The van der Waals surface area contributed by atoms with Crippen LogP contribution in [-0.4, -0.2) is 19.3 Å². The Balaban J connectivity index is 2.34. The van der Waals surface area contributed by atoms with Gasteiger partial charge in [0.1, 0.15) is 5.75 Å². The SMILES string of the molecule is COc1cc(SC)ccc1NC(=O)c1ccccc1C(F)(F)F. The summed E-state index contributed by atoms with van der Waals surface area (Å²) in [5.74, 6) is -0.456. The van der Waals surface area contributed by atoms with Gasteiger partial charge in [0.05, 0.1) is 23.9 Å². The van der Waals surface area contributed by atoms with Crippen molar-refractivity contribution in [2.24, 2.45) is 0 Å². The van der Waals surface area contributed by atoms with E-state index in [9.17, 15) is 18.0 Å². The highest BCUT2D eigenvalue weighted by Crippen LogP contribution is 2.33. The van der Waals surface area contributed by atoms with E-state index >= 15 is 0 Å². The third kappa shape index (κ3) is 3.98. The third-order valence-electron chi connectivity index (χ3n) is 3.13. The zero-order chi connectivity index (χ0) is 17.0. The zero-order valence-electron chi connectivity index (χ0n) is 12.4. The van der Waals surface area contributed by atoms with Crippen LogP contribution in [0.2, 0.25) is 0 Å². The number of ether oxygens (including phenoxy) is 1. The van der Waals surface area contributed by atoms with Crippen LogP contribution in [0.1, 0.15) is 15.9 Å². The Bertz CT molecular complexity index is 717. The Morgan fingerprint density at radius 2 is 1.87 bits per heavy atom. The molecule has 122 valence electrons. The van der Waals surface area contributed by atoms with Crippen molar-refractivity contribution in [3.8, 4) is 5.75 Å². The van der Waals surface area contributed by atoms with Gasteiger partial charge in [-0.05, 0) is 36.6 Å². The Hall–Kier alpha value is -2.15. The van der Waals surface area contributed by atoms with Crippen LogP contribution in [0, 0.1) is 0 Å². The van der Waals surface area contributed by atoms with Crippen LogP contribution in [0.15, 0.2) is 47.4 Å². The Labute approximate surface area is 135 Å². The first-order valence-corrected chi connectivity index (χ1v) is 7.79. The maximum absolute atomic E-state index is 13.0. The quantitative estimate of drug-likeness (QED) is 0.820. The Morgan fingerprint density at radius 3 is 2.48 bits per heavy atom. The lowest BCUT2D eigenvalue weighted by atomic mass is 10.1. The molecule has 0 aliphatic heterocycles. The highest BCUT2D eigenvalue weighted by atomic mass is 32.2. The summed E-state index contributed by atoms with van der Waals surface area (Å²) in [4.78, 5) is 13.1. The van der Waals surface area contributed by atoms with Crippen molar-refractivity contribution in [2.45, 2.75) is 11.1 Å². The summed E-state index contributed by atoms with van der Waals surface area (Å²) < 4.78 is 44.1. The van der Waals surface area contributed by atoms with Gasteiger partial charge in [-0.3, -0.25) is 4.79 Å². The fourth-order valence-corrected chi connectivity index (χ4v) is 2.45. The standard InChI is InChI=1S/C16H14F3NO2S/c1-22-14-9-10(23-2)7-8-13(14)20-15(21)11-5-3-4-6-12(11)16(17,18)19/h3-9H,1-2H3,(H,20,21). The monoisotopic (exact) mass is 341 g/mol. The zero-order valence-corrected chi connectivity index (χ0v) is 13.2. The Morgan fingerprint density at radius 1 is 1.17 bits per heavy atom. The molecule has 2 aromatic carbocycles. The molecule has 0 aromatic heterocycles. The van der Waals surface area contributed by atoms with Crippen LogP contribution in [0.4, 0.5) is 18.9 Å². The number of rotatable bonds is 4. The molecule has 0 bridgehead atoms. The van der Waals surface area contributed by atoms with E-state index in [4.69, 9.17) is 4.74 Å². The summed E-state index contributed by atoms with van der Waals surface area (Å²) in [6.07, 6.45) is -2.71. The first-order valence-electron chi connectivity index (χ1n) is 6.56. The molecule has 0 aliphatic rings. The molecule has 0 heterocycles. The molecule has 0 aliphatic carbocycles. The summed E-state index contributed by atoms with van der Waals surface area (Å²) in [5, 5.41) is 2.47. The number of hydrogen-bond acceptors (Lipinski definition) is 3. The summed E-state index contributed by atoms with van der Waals surface area (Å²) >= 11 is 1.49. The lowest BCUT2D eigenvalue weighted by molar-refractivity contribution is -0.137. The number of carbonyl (C=O) groups is 1.